The Morgan fingerprint density at radius 2 is 2.33 bits per heavy atom. The summed E-state index contributed by atoms with van der Waals surface area (Å²) in [6.45, 7) is 0.533. The van der Waals surface area contributed by atoms with Gasteiger partial charge >= 0.3 is 5.97 Å². The Balaban J connectivity index is 2.04. The van der Waals surface area contributed by atoms with Gasteiger partial charge in [-0.3, -0.25) is 4.79 Å². The molecule has 0 aromatic rings. The van der Waals surface area contributed by atoms with Crippen molar-refractivity contribution in [3.05, 3.63) is 0 Å². The van der Waals surface area contributed by atoms with Crippen LogP contribution in [0.2, 0.25) is 0 Å². The molecule has 0 aliphatic heterocycles. The average Bonchev–Trinajstić information content (AvgIpc) is 1.99. The number of carbonyl (C=O) groups excluding carboxylic acids is 1. The highest BCUT2D eigenvalue weighted by Gasteiger charge is 2.32. The lowest BCUT2D eigenvalue weighted by Gasteiger charge is -2.30. The highest BCUT2D eigenvalue weighted by molar-refractivity contribution is 7.98. The summed E-state index contributed by atoms with van der Waals surface area (Å²) in [7, 11) is 0. The lowest BCUT2D eigenvalue weighted by Crippen LogP contribution is -2.41. The van der Waals surface area contributed by atoms with Crippen LogP contribution in [0.25, 0.3) is 0 Å². The molecule has 0 aromatic carbocycles. The van der Waals surface area contributed by atoms with E-state index in [0.717, 1.165) is 18.6 Å². The van der Waals surface area contributed by atoms with E-state index in [1.54, 1.807) is 11.8 Å². The van der Waals surface area contributed by atoms with E-state index in [-0.39, 0.29) is 17.9 Å². The molecule has 1 rings (SSSR count). The first-order valence-electron chi connectivity index (χ1n) is 4.15. The molecule has 1 saturated carbocycles. The third-order valence-electron chi connectivity index (χ3n) is 2.04. The fourth-order valence-electron chi connectivity index (χ4n) is 1.20. The molecule has 0 unspecified atom stereocenters. The van der Waals surface area contributed by atoms with Crippen LogP contribution in [0.5, 0.6) is 0 Å². The molecule has 0 radical (unpaired) electrons. The molecule has 1 aliphatic carbocycles. The van der Waals surface area contributed by atoms with Crippen LogP contribution in [0.3, 0.4) is 0 Å². The van der Waals surface area contributed by atoms with Crippen molar-refractivity contribution in [3.8, 4) is 0 Å². The summed E-state index contributed by atoms with van der Waals surface area (Å²) >= 11 is 1.68. The van der Waals surface area contributed by atoms with E-state index in [2.05, 4.69) is 0 Å². The van der Waals surface area contributed by atoms with Gasteiger partial charge in [-0.2, -0.15) is 11.8 Å². The van der Waals surface area contributed by atoms with E-state index in [4.69, 9.17) is 10.5 Å². The summed E-state index contributed by atoms with van der Waals surface area (Å²) in [6.07, 6.45) is 3.60. The number of nitrogens with two attached hydrogens (primary N) is 1. The molecule has 3 nitrogen and oxygen atoms in total. The first-order chi connectivity index (χ1) is 5.74. The van der Waals surface area contributed by atoms with E-state index < -0.39 is 0 Å². The second-order valence-corrected chi connectivity index (χ2v) is 4.07. The van der Waals surface area contributed by atoms with Crippen LogP contribution in [-0.4, -0.2) is 30.6 Å². The minimum Gasteiger partial charge on any atom is -0.465 e. The van der Waals surface area contributed by atoms with Crippen LogP contribution in [0.15, 0.2) is 0 Å². The van der Waals surface area contributed by atoms with E-state index in [1.807, 2.05) is 6.26 Å². The number of hydrogen-bond acceptors (Lipinski definition) is 4. The molecule has 1 aliphatic rings. The third-order valence-corrected chi connectivity index (χ3v) is 2.61. The fraction of sp³-hybridized carbons (Fsp3) is 0.875. The Bertz CT molecular complexity index is 157. The molecule has 0 bridgehead atoms. The third kappa shape index (κ3) is 2.68. The van der Waals surface area contributed by atoms with Crippen LogP contribution in [0.1, 0.15) is 12.8 Å². The van der Waals surface area contributed by atoms with Crippen LogP contribution < -0.4 is 5.73 Å². The van der Waals surface area contributed by atoms with Gasteiger partial charge in [-0.15, -0.1) is 0 Å². The van der Waals surface area contributed by atoms with E-state index in [1.165, 1.54) is 0 Å². The maximum Gasteiger partial charge on any atom is 0.309 e. The zero-order chi connectivity index (χ0) is 8.97. The van der Waals surface area contributed by atoms with Gasteiger partial charge < -0.3 is 10.5 Å². The minimum absolute atomic E-state index is 0.0641. The Kier molecular flexibility index (Phi) is 3.88. The van der Waals surface area contributed by atoms with Crippen LogP contribution in [0.4, 0.5) is 0 Å². The standard InChI is InChI=1S/C8H15NO2S/c1-12-3-2-11-8(10)6-4-7(9)5-6/h6-7H,2-5,9H2,1H3/t6-,7+. The van der Waals surface area contributed by atoms with E-state index >= 15 is 0 Å². The van der Waals surface area contributed by atoms with E-state index in [9.17, 15) is 4.79 Å². The van der Waals surface area contributed by atoms with Crippen molar-refractivity contribution >= 4 is 17.7 Å². The van der Waals surface area contributed by atoms with Crippen molar-refractivity contribution in [1.82, 2.24) is 0 Å². The Labute approximate surface area is 77.0 Å². The van der Waals surface area contributed by atoms with Crippen molar-refractivity contribution in [2.75, 3.05) is 18.6 Å². The number of thioether (sulfide) groups is 1. The van der Waals surface area contributed by atoms with Crippen LogP contribution >= 0.6 is 11.8 Å². The Morgan fingerprint density at radius 3 is 2.83 bits per heavy atom. The molecule has 2 N–H and O–H groups in total. The lowest BCUT2D eigenvalue weighted by molar-refractivity contribution is -0.151. The number of ether oxygens (including phenoxy) is 1. The van der Waals surface area contributed by atoms with Gasteiger partial charge in [0.2, 0.25) is 0 Å². The van der Waals surface area contributed by atoms with Gasteiger partial charge in [-0.05, 0) is 19.1 Å². The maximum absolute atomic E-state index is 11.2. The number of esters is 1. The first kappa shape index (κ1) is 9.86. The summed E-state index contributed by atoms with van der Waals surface area (Å²) in [5, 5.41) is 0. The summed E-state index contributed by atoms with van der Waals surface area (Å²) in [5.74, 6) is 0.900. The van der Waals surface area contributed by atoms with Crippen molar-refractivity contribution in [1.29, 1.82) is 0 Å². The smallest absolute Gasteiger partial charge is 0.309 e. The predicted octanol–water partition coefficient (Wildman–Crippen LogP) is 0.630. The molecule has 0 spiro atoms. The molecule has 4 heteroatoms. The molecule has 0 saturated heterocycles. The molecule has 70 valence electrons. The summed E-state index contributed by atoms with van der Waals surface area (Å²) in [6, 6.07) is 0.225. The first-order valence-corrected chi connectivity index (χ1v) is 5.54. The van der Waals surface area contributed by atoms with Crippen molar-refractivity contribution in [2.45, 2.75) is 18.9 Å². The SMILES string of the molecule is CSCCOC(=O)[C@H]1C[C@@H](N)C1. The van der Waals surface area contributed by atoms with Gasteiger partial charge in [-0.1, -0.05) is 0 Å². The topological polar surface area (TPSA) is 52.3 Å². The molecular weight excluding hydrogens is 174 g/mol. The molecule has 0 amide bonds. The molecule has 0 heterocycles. The molecule has 12 heavy (non-hydrogen) atoms. The van der Waals surface area contributed by atoms with Crippen LogP contribution in [0, 0.1) is 5.92 Å². The number of hydrogen-bond donors (Lipinski definition) is 1. The molecule has 0 aromatic heterocycles. The zero-order valence-electron chi connectivity index (χ0n) is 7.29. The minimum atomic E-state index is -0.0641. The Morgan fingerprint density at radius 1 is 1.67 bits per heavy atom. The van der Waals surface area contributed by atoms with Crippen molar-refractivity contribution in [2.24, 2.45) is 11.7 Å². The number of rotatable bonds is 4. The maximum atomic E-state index is 11.2. The van der Waals surface area contributed by atoms with Gasteiger partial charge in [0.05, 0.1) is 5.92 Å². The average molecular weight is 189 g/mol. The summed E-state index contributed by atoms with van der Waals surface area (Å²) in [5.41, 5.74) is 5.55. The van der Waals surface area contributed by atoms with Gasteiger partial charge in [0.15, 0.2) is 0 Å². The largest absolute Gasteiger partial charge is 0.465 e. The second-order valence-electron chi connectivity index (χ2n) is 3.09. The summed E-state index contributed by atoms with van der Waals surface area (Å²) in [4.78, 5) is 11.2. The highest BCUT2D eigenvalue weighted by atomic mass is 32.2. The summed E-state index contributed by atoms with van der Waals surface area (Å²) < 4.78 is 5.02. The van der Waals surface area contributed by atoms with Crippen molar-refractivity contribution in [3.63, 3.8) is 0 Å². The van der Waals surface area contributed by atoms with E-state index in [0.29, 0.717) is 6.61 Å². The molecular formula is C8H15NO2S. The second kappa shape index (κ2) is 4.72. The number of carbonyl (C=O) groups is 1. The van der Waals surface area contributed by atoms with Gasteiger partial charge in [-0.25, -0.2) is 0 Å². The van der Waals surface area contributed by atoms with Crippen molar-refractivity contribution < 1.29 is 9.53 Å². The van der Waals surface area contributed by atoms with Gasteiger partial charge in [0, 0.05) is 11.8 Å². The molecule has 0 atom stereocenters. The predicted molar refractivity (Wildman–Crippen MR) is 50.0 cm³/mol. The normalized spacial score (nSPS) is 27.8. The fourth-order valence-corrected chi connectivity index (χ4v) is 1.45. The zero-order valence-corrected chi connectivity index (χ0v) is 8.10. The van der Waals surface area contributed by atoms with Gasteiger partial charge in [0.1, 0.15) is 6.61 Å². The highest BCUT2D eigenvalue weighted by Crippen LogP contribution is 2.26. The monoisotopic (exact) mass is 189 g/mol. The lowest BCUT2D eigenvalue weighted by atomic mass is 9.81. The molecule has 1 fully saturated rings. The Hall–Kier alpha value is -0.220. The van der Waals surface area contributed by atoms with Crippen LogP contribution in [-0.2, 0) is 9.53 Å². The van der Waals surface area contributed by atoms with Gasteiger partial charge in [0.25, 0.3) is 0 Å². The quantitative estimate of drug-likeness (QED) is 0.520.